The first kappa shape index (κ1) is 16.7. The van der Waals surface area contributed by atoms with Crippen LogP contribution in [0, 0.1) is 13.8 Å². The minimum atomic E-state index is 0.0133. The van der Waals surface area contributed by atoms with Crippen LogP contribution in [-0.2, 0) is 0 Å². The van der Waals surface area contributed by atoms with Crippen LogP contribution in [0.2, 0.25) is 0 Å². The number of para-hydroxylation sites is 2. The van der Waals surface area contributed by atoms with E-state index in [1.165, 1.54) is 21.9 Å². The lowest BCUT2D eigenvalue weighted by Crippen LogP contribution is -2.05. The Hall–Kier alpha value is -3.46. The molecule has 2 aromatic heterocycles. The number of aryl methyl sites for hydroxylation is 2. The third kappa shape index (κ3) is 2.51. The molecule has 0 bridgehead atoms. The van der Waals surface area contributed by atoms with Gasteiger partial charge in [0.25, 0.3) is 0 Å². The van der Waals surface area contributed by atoms with Crippen molar-refractivity contribution >= 4 is 21.8 Å². The van der Waals surface area contributed by atoms with Gasteiger partial charge in [-0.1, -0.05) is 48.5 Å². The van der Waals surface area contributed by atoms with Crippen molar-refractivity contribution in [2.24, 2.45) is 0 Å². The van der Waals surface area contributed by atoms with Crippen LogP contribution in [0.4, 0.5) is 0 Å². The first-order valence-electron chi connectivity index (χ1n) is 9.57. The van der Waals surface area contributed by atoms with Gasteiger partial charge in [-0.25, -0.2) is 0 Å². The van der Waals surface area contributed by atoms with Gasteiger partial charge in [-0.2, -0.15) is 0 Å². The van der Waals surface area contributed by atoms with Crippen molar-refractivity contribution in [2.45, 2.75) is 19.8 Å². The van der Waals surface area contributed by atoms with Crippen molar-refractivity contribution in [2.75, 3.05) is 0 Å². The third-order valence-corrected chi connectivity index (χ3v) is 5.67. The second-order valence-electron chi connectivity index (χ2n) is 7.45. The predicted molar refractivity (Wildman–Crippen MR) is 115 cm³/mol. The molecule has 138 valence electrons. The first-order valence-corrected chi connectivity index (χ1v) is 9.57. The highest BCUT2D eigenvalue weighted by molar-refractivity contribution is 5.90. The van der Waals surface area contributed by atoms with Crippen LogP contribution in [0.15, 0.2) is 72.8 Å². The minimum absolute atomic E-state index is 0.0133. The fraction of sp³-hybridized carbons (Fsp3) is 0.120. The van der Waals surface area contributed by atoms with Gasteiger partial charge in [0.1, 0.15) is 5.75 Å². The van der Waals surface area contributed by atoms with Crippen LogP contribution >= 0.6 is 0 Å². The van der Waals surface area contributed by atoms with Crippen molar-refractivity contribution in [1.82, 2.24) is 9.97 Å². The Labute approximate surface area is 163 Å². The molecule has 0 aliphatic carbocycles. The molecule has 0 saturated carbocycles. The molecule has 3 aromatic carbocycles. The number of hydrogen-bond acceptors (Lipinski definition) is 1. The predicted octanol–water partition coefficient (Wildman–Crippen LogP) is 6.15. The number of rotatable bonds is 3. The average molecular weight is 366 g/mol. The number of hydrogen-bond donors (Lipinski definition) is 3. The Kier molecular flexibility index (Phi) is 3.76. The van der Waals surface area contributed by atoms with Crippen LogP contribution < -0.4 is 0 Å². The summed E-state index contributed by atoms with van der Waals surface area (Å²) in [7, 11) is 0. The molecule has 28 heavy (non-hydrogen) atoms. The van der Waals surface area contributed by atoms with E-state index in [0.717, 1.165) is 28.0 Å². The summed E-state index contributed by atoms with van der Waals surface area (Å²) in [4.78, 5) is 7.10. The fourth-order valence-electron chi connectivity index (χ4n) is 4.52. The second-order valence-corrected chi connectivity index (χ2v) is 7.45. The number of fused-ring (bicyclic) bond motifs is 2. The standard InChI is InChI=1S/C25H22N2O/c1-15-23(19-10-3-5-12-21(19)26-15)25(17-8-7-9-18(28)14-17)24-16(2)27-22-13-6-4-11-20(22)24/h3-14,25-28H,1-2H3. The van der Waals surface area contributed by atoms with Crippen LogP contribution in [0.1, 0.15) is 34.0 Å². The molecule has 0 aliphatic rings. The van der Waals surface area contributed by atoms with Crippen molar-refractivity contribution in [3.05, 3.63) is 101 Å². The van der Waals surface area contributed by atoms with Gasteiger partial charge < -0.3 is 15.1 Å². The topological polar surface area (TPSA) is 51.8 Å². The molecule has 0 amide bonds. The van der Waals surface area contributed by atoms with E-state index in [0.29, 0.717) is 0 Å². The molecule has 5 rings (SSSR count). The number of aromatic amines is 2. The summed E-state index contributed by atoms with van der Waals surface area (Å²) in [6, 6.07) is 24.5. The average Bonchev–Trinajstić information content (AvgIpc) is 3.19. The Balaban J connectivity index is 1.88. The lowest BCUT2D eigenvalue weighted by molar-refractivity contribution is 0.474. The molecule has 0 radical (unpaired) electrons. The molecular formula is C25H22N2O. The smallest absolute Gasteiger partial charge is 0.115 e. The van der Waals surface area contributed by atoms with Crippen molar-refractivity contribution < 1.29 is 5.11 Å². The maximum Gasteiger partial charge on any atom is 0.115 e. The molecule has 3 heteroatoms. The van der Waals surface area contributed by atoms with Crippen LogP contribution in [0.5, 0.6) is 5.75 Å². The fourth-order valence-corrected chi connectivity index (χ4v) is 4.52. The van der Waals surface area contributed by atoms with Gasteiger partial charge in [-0.15, -0.1) is 0 Å². The monoisotopic (exact) mass is 366 g/mol. The SMILES string of the molecule is Cc1[nH]c2ccccc2c1C(c1cccc(O)c1)c1c(C)[nH]c2ccccc12. The van der Waals surface area contributed by atoms with E-state index in [1.54, 1.807) is 6.07 Å². The van der Waals surface area contributed by atoms with E-state index in [1.807, 2.05) is 12.1 Å². The zero-order valence-corrected chi connectivity index (χ0v) is 16.0. The van der Waals surface area contributed by atoms with E-state index in [4.69, 9.17) is 0 Å². The van der Waals surface area contributed by atoms with Gasteiger partial charge in [0.15, 0.2) is 0 Å². The summed E-state index contributed by atoms with van der Waals surface area (Å²) < 4.78 is 0. The molecule has 3 N–H and O–H groups in total. The summed E-state index contributed by atoms with van der Waals surface area (Å²) in [6.07, 6.45) is 0. The molecule has 0 saturated heterocycles. The van der Waals surface area contributed by atoms with E-state index in [9.17, 15) is 5.11 Å². The molecule has 3 nitrogen and oxygen atoms in total. The minimum Gasteiger partial charge on any atom is -0.508 e. The normalized spacial score (nSPS) is 11.7. The lowest BCUT2D eigenvalue weighted by Gasteiger charge is -2.20. The molecule has 0 atom stereocenters. The highest BCUT2D eigenvalue weighted by atomic mass is 16.3. The maximum atomic E-state index is 10.2. The summed E-state index contributed by atoms with van der Waals surface area (Å²) in [5.41, 5.74) is 8.18. The lowest BCUT2D eigenvalue weighted by atomic mass is 9.82. The number of nitrogens with one attached hydrogen (secondary N) is 2. The second kappa shape index (κ2) is 6.31. The van der Waals surface area contributed by atoms with Gasteiger partial charge in [0, 0.05) is 39.1 Å². The quantitative estimate of drug-likeness (QED) is 0.352. The zero-order valence-electron chi connectivity index (χ0n) is 16.0. The number of benzene rings is 3. The van der Waals surface area contributed by atoms with Crippen molar-refractivity contribution in [1.29, 1.82) is 0 Å². The largest absolute Gasteiger partial charge is 0.508 e. The maximum absolute atomic E-state index is 10.2. The molecule has 0 aliphatic heterocycles. The Morgan fingerprint density at radius 2 is 1.21 bits per heavy atom. The highest BCUT2D eigenvalue weighted by Crippen LogP contribution is 2.43. The van der Waals surface area contributed by atoms with Gasteiger partial charge in [0.05, 0.1) is 0 Å². The van der Waals surface area contributed by atoms with Crippen molar-refractivity contribution in [3.63, 3.8) is 0 Å². The molecule has 0 spiro atoms. The number of aromatic hydroxyl groups is 1. The Morgan fingerprint density at radius 3 is 1.75 bits per heavy atom. The number of H-pyrrole nitrogens is 2. The van der Waals surface area contributed by atoms with E-state index < -0.39 is 0 Å². The van der Waals surface area contributed by atoms with Crippen LogP contribution in [0.3, 0.4) is 0 Å². The van der Waals surface area contributed by atoms with E-state index in [-0.39, 0.29) is 11.7 Å². The first-order chi connectivity index (χ1) is 13.6. The molecule has 5 aromatic rings. The summed E-state index contributed by atoms with van der Waals surface area (Å²) in [5.74, 6) is 0.303. The molecule has 2 heterocycles. The molecule has 0 unspecified atom stereocenters. The van der Waals surface area contributed by atoms with E-state index >= 15 is 0 Å². The van der Waals surface area contributed by atoms with Crippen LogP contribution in [0.25, 0.3) is 21.8 Å². The van der Waals surface area contributed by atoms with Crippen LogP contribution in [-0.4, -0.2) is 15.1 Å². The Bertz CT molecular complexity index is 1230. The van der Waals surface area contributed by atoms with Gasteiger partial charge in [-0.05, 0) is 54.8 Å². The van der Waals surface area contributed by atoms with E-state index in [2.05, 4.69) is 78.4 Å². The number of phenols is 1. The zero-order chi connectivity index (χ0) is 19.3. The third-order valence-electron chi connectivity index (χ3n) is 5.67. The number of aromatic nitrogens is 2. The molecule has 0 fully saturated rings. The van der Waals surface area contributed by atoms with Crippen molar-refractivity contribution in [3.8, 4) is 5.75 Å². The summed E-state index contributed by atoms with van der Waals surface area (Å²) in [5, 5.41) is 12.6. The van der Waals surface area contributed by atoms with Gasteiger partial charge >= 0.3 is 0 Å². The molecular weight excluding hydrogens is 344 g/mol. The highest BCUT2D eigenvalue weighted by Gasteiger charge is 2.27. The van der Waals surface area contributed by atoms with Gasteiger partial charge in [-0.3, -0.25) is 0 Å². The summed E-state index contributed by atoms with van der Waals surface area (Å²) in [6.45, 7) is 4.27. The van der Waals surface area contributed by atoms with Gasteiger partial charge in [0.2, 0.25) is 0 Å². The Morgan fingerprint density at radius 1 is 0.679 bits per heavy atom. The number of phenolic OH excluding ortho intramolecular Hbond substituents is 1. The summed E-state index contributed by atoms with van der Waals surface area (Å²) >= 11 is 0.